The minimum Gasteiger partial charge on any atom is -0.346 e. The molecule has 7 nitrogen and oxygen atoms in total. The Balaban J connectivity index is 1.65. The number of imidazole rings is 1. The van der Waals surface area contributed by atoms with Gasteiger partial charge >= 0.3 is 0 Å². The summed E-state index contributed by atoms with van der Waals surface area (Å²) < 4.78 is 2.07. The van der Waals surface area contributed by atoms with Crippen LogP contribution in [-0.4, -0.2) is 44.2 Å². The fourth-order valence-electron chi connectivity index (χ4n) is 2.89. The number of fused-ring (bicyclic) bond motifs is 1. The van der Waals surface area contributed by atoms with Crippen molar-refractivity contribution in [2.75, 3.05) is 0 Å². The Morgan fingerprint density at radius 3 is 2.95 bits per heavy atom. The van der Waals surface area contributed by atoms with Crippen LogP contribution < -0.4 is 5.32 Å². The summed E-state index contributed by atoms with van der Waals surface area (Å²) in [4.78, 5) is 28.4. The molecule has 0 unspecified atom stereocenters. The number of hydrazone groups is 1. The number of aromatic nitrogens is 2. The fraction of sp³-hybridized carbons (Fsp3) is 0.600. The van der Waals surface area contributed by atoms with Crippen LogP contribution in [0.2, 0.25) is 0 Å². The molecule has 7 heteroatoms. The first-order chi connectivity index (χ1) is 10.5. The van der Waals surface area contributed by atoms with Crippen molar-refractivity contribution in [2.24, 2.45) is 5.10 Å². The van der Waals surface area contributed by atoms with E-state index >= 15 is 0 Å². The normalized spacial score (nSPS) is 21.6. The Bertz CT molecular complexity index is 619. The van der Waals surface area contributed by atoms with Gasteiger partial charge in [-0.1, -0.05) is 0 Å². The summed E-state index contributed by atoms with van der Waals surface area (Å²) in [6, 6.07) is 0.0563. The van der Waals surface area contributed by atoms with Gasteiger partial charge in [0.05, 0.1) is 0 Å². The Morgan fingerprint density at radius 2 is 2.18 bits per heavy atom. The highest BCUT2D eigenvalue weighted by Crippen LogP contribution is 2.15. The molecule has 3 rings (SSSR count). The van der Waals surface area contributed by atoms with E-state index in [4.69, 9.17) is 0 Å². The standard InChI is InChI=1S/C15H21N5O2/c1-10(2)20-14(21)6-4-12(18-20)15(22)17-11-3-5-13-16-7-8-19(13)9-11/h7-8,10-11H,3-6,9H2,1-2H3,(H,17,22)/t11-/m0/s1. The minimum absolute atomic E-state index is 0.0210. The second kappa shape index (κ2) is 5.90. The van der Waals surface area contributed by atoms with Crippen LogP contribution in [0.3, 0.4) is 0 Å². The number of carbonyl (C=O) groups excluding carboxylic acids is 2. The van der Waals surface area contributed by atoms with E-state index in [9.17, 15) is 9.59 Å². The second-order valence-corrected chi connectivity index (χ2v) is 6.08. The van der Waals surface area contributed by atoms with E-state index in [1.54, 1.807) is 6.20 Å². The first-order valence-electron chi connectivity index (χ1n) is 7.75. The van der Waals surface area contributed by atoms with Crippen molar-refractivity contribution in [2.45, 2.75) is 58.2 Å². The lowest BCUT2D eigenvalue weighted by atomic mass is 10.1. The largest absolute Gasteiger partial charge is 0.346 e. The average Bonchev–Trinajstić information content (AvgIpc) is 2.94. The molecular formula is C15H21N5O2. The summed E-state index contributed by atoms with van der Waals surface area (Å²) in [5.41, 5.74) is 0.449. The van der Waals surface area contributed by atoms with Gasteiger partial charge in [0.15, 0.2) is 0 Å². The monoisotopic (exact) mass is 303 g/mol. The van der Waals surface area contributed by atoms with Gasteiger partial charge in [-0.3, -0.25) is 9.59 Å². The third-order valence-corrected chi connectivity index (χ3v) is 4.08. The highest BCUT2D eigenvalue weighted by atomic mass is 16.2. The van der Waals surface area contributed by atoms with Crippen LogP contribution in [0.1, 0.15) is 38.9 Å². The maximum Gasteiger partial charge on any atom is 0.267 e. The summed E-state index contributed by atoms with van der Waals surface area (Å²) in [7, 11) is 0. The van der Waals surface area contributed by atoms with Gasteiger partial charge in [-0.05, 0) is 20.3 Å². The van der Waals surface area contributed by atoms with Crippen LogP contribution in [-0.2, 0) is 22.6 Å². The Hall–Kier alpha value is -2.18. The van der Waals surface area contributed by atoms with E-state index in [2.05, 4.69) is 20.0 Å². The van der Waals surface area contributed by atoms with Gasteiger partial charge in [-0.15, -0.1) is 0 Å². The molecule has 2 aliphatic rings. The molecule has 0 aliphatic carbocycles. The SMILES string of the molecule is CC(C)N1N=C(C(=O)N[C@H]2CCc3nccn3C2)CCC1=O. The molecule has 118 valence electrons. The van der Waals surface area contributed by atoms with Gasteiger partial charge in [0.1, 0.15) is 11.5 Å². The zero-order valence-electron chi connectivity index (χ0n) is 13.0. The van der Waals surface area contributed by atoms with Gasteiger partial charge in [0.2, 0.25) is 5.91 Å². The van der Waals surface area contributed by atoms with Crippen LogP contribution in [0.15, 0.2) is 17.5 Å². The number of nitrogens with one attached hydrogen (secondary N) is 1. The van der Waals surface area contributed by atoms with E-state index in [-0.39, 0.29) is 23.9 Å². The number of carbonyl (C=O) groups is 2. The van der Waals surface area contributed by atoms with Gasteiger partial charge in [-0.25, -0.2) is 9.99 Å². The zero-order valence-corrected chi connectivity index (χ0v) is 13.0. The molecule has 3 heterocycles. The van der Waals surface area contributed by atoms with Crippen molar-refractivity contribution < 1.29 is 9.59 Å². The predicted octanol–water partition coefficient (Wildman–Crippen LogP) is 0.701. The van der Waals surface area contributed by atoms with Crippen LogP contribution in [0.25, 0.3) is 0 Å². The third-order valence-electron chi connectivity index (χ3n) is 4.08. The Kier molecular flexibility index (Phi) is 3.96. The molecule has 0 saturated heterocycles. The molecule has 0 radical (unpaired) electrons. The molecule has 22 heavy (non-hydrogen) atoms. The second-order valence-electron chi connectivity index (χ2n) is 6.08. The average molecular weight is 303 g/mol. The molecule has 0 bridgehead atoms. The predicted molar refractivity (Wildman–Crippen MR) is 81.1 cm³/mol. The number of hydrogen-bond acceptors (Lipinski definition) is 4. The van der Waals surface area contributed by atoms with E-state index < -0.39 is 0 Å². The number of nitrogens with zero attached hydrogens (tertiary/aromatic N) is 4. The van der Waals surface area contributed by atoms with Crippen molar-refractivity contribution in [3.8, 4) is 0 Å². The van der Waals surface area contributed by atoms with Crippen LogP contribution >= 0.6 is 0 Å². The summed E-state index contributed by atoms with van der Waals surface area (Å²) in [5.74, 6) is 0.885. The van der Waals surface area contributed by atoms with Crippen molar-refractivity contribution in [1.29, 1.82) is 0 Å². The highest BCUT2D eigenvalue weighted by molar-refractivity contribution is 6.39. The van der Waals surface area contributed by atoms with Crippen LogP contribution in [0.5, 0.6) is 0 Å². The van der Waals surface area contributed by atoms with Gasteiger partial charge < -0.3 is 9.88 Å². The molecule has 0 fully saturated rings. The maximum absolute atomic E-state index is 12.4. The minimum atomic E-state index is -0.160. The van der Waals surface area contributed by atoms with E-state index in [1.807, 2.05) is 20.0 Å². The molecule has 1 N–H and O–H groups in total. The summed E-state index contributed by atoms with van der Waals surface area (Å²) >= 11 is 0. The molecule has 2 amide bonds. The number of rotatable bonds is 3. The van der Waals surface area contributed by atoms with E-state index in [1.165, 1.54) is 5.01 Å². The lowest BCUT2D eigenvalue weighted by molar-refractivity contribution is -0.133. The van der Waals surface area contributed by atoms with Crippen molar-refractivity contribution in [3.63, 3.8) is 0 Å². The quantitative estimate of drug-likeness (QED) is 0.892. The lowest BCUT2D eigenvalue weighted by Crippen LogP contribution is -2.46. The molecule has 0 spiro atoms. The molecule has 1 aromatic heterocycles. The van der Waals surface area contributed by atoms with Crippen molar-refractivity contribution in [1.82, 2.24) is 19.9 Å². The highest BCUT2D eigenvalue weighted by Gasteiger charge is 2.28. The first kappa shape index (κ1) is 14.7. The Labute approximate surface area is 129 Å². The summed E-state index contributed by atoms with van der Waals surface area (Å²) in [5, 5.41) is 8.68. The molecular weight excluding hydrogens is 282 g/mol. The smallest absolute Gasteiger partial charge is 0.267 e. The Morgan fingerprint density at radius 1 is 1.36 bits per heavy atom. The van der Waals surface area contributed by atoms with E-state index in [0.717, 1.165) is 25.2 Å². The lowest BCUT2D eigenvalue weighted by Gasteiger charge is -2.28. The number of hydrogen-bond donors (Lipinski definition) is 1. The van der Waals surface area contributed by atoms with Crippen LogP contribution in [0.4, 0.5) is 0 Å². The number of amides is 2. The summed E-state index contributed by atoms with van der Waals surface area (Å²) in [6.07, 6.45) is 6.23. The molecule has 2 aliphatic heterocycles. The molecule has 1 aromatic rings. The third kappa shape index (κ3) is 2.88. The topological polar surface area (TPSA) is 79.6 Å². The van der Waals surface area contributed by atoms with Crippen LogP contribution in [0, 0.1) is 0 Å². The maximum atomic E-state index is 12.4. The first-order valence-corrected chi connectivity index (χ1v) is 7.75. The molecule has 0 aromatic carbocycles. The van der Waals surface area contributed by atoms with Gasteiger partial charge in [0.25, 0.3) is 5.91 Å². The van der Waals surface area contributed by atoms with Crippen molar-refractivity contribution >= 4 is 17.5 Å². The molecule has 0 saturated carbocycles. The summed E-state index contributed by atoms with van der Waals surface area (Å²) in [6.45, 7) is 4.52. The van der Waals surface area contributed by atoms with Gasteiger partial charge in [-0.2, -0.15) is 5.10 Å². The van der Waals surface area contributed by atoms with E-state index in [0.29, 0.717) is 18.6 Å². The number of aryl methyl sites for hydroxylation is 1. The fourth-order valence-corrected chi connectivity index (χ4v) is 2.89. The molecule has 1 atom stereocenters. The van der Waals surface area contributed by atoms with Crippen molar-refractivity contribution in [3.05, 3.63) is 18.2 Å². The van der Waals surface area contributed by atoms with Gasteiger partial charge in [0, 0.05) is 50.3 Å². The zero-order chi connectivity index (χ0) is 15.7.